The van der Waals surface area contributed by atoms with Gasteiger partial charge in [-0.3, -0.25) is 0 Å². The molecule has 0 unspecified atom stereocenters. The highest BCUT2D eigenvalue weighted by Gasteiger charge is 2.33. The molecule has 0 N–H and O–H groups in total. The lowest BCUT2D eigenvalue weighted by Gasteiger charge is -2.16. The second kappa shape index (κ2) is 14.1. The number of carbonyl (C=O) groups excluding carboxylic acids is 2. The lowest BCUT2D eigenvalue weighted by molar-refractivity contribution is -0.142. The summed E-state index contributed by atoms with van der Waals surface area (Å²) in [6.07, 6.45) is 8.71. The summed E-state index contributed by atoms with van der Waals surface area (Å²) in [5.41, 5.74) is 2.05. The number of methoxy groups -OCH3 is 1. The Balaban J connectivity index is 1.27. The van der Waals surface area contributed by atoms with Gasteiger partial charge in [0.2, 0.25) is 0 Å². The van der Waals surface area contributed by atoms with E-state index < -0.39 is 17.7 Å². The van der Waals surface area contributed by atoms with Crippen LogP contribution in [0.2, 0.25) is 0 Å². The molecule has 37 heavy (non-hydrogen) atoms. The molecule has 0 amide bonds. The van der Waals surface area contributed by atoms with E-state index in [-0.39, 0.29) is 24.1 Å². The number of aromatic nitrogens is 2. The molecule has 3 rings (SSSR count). The molecule has 0 spiro atoms. The van der Waals surface area contributed by atoms with Gasteiger partial charge in [0.1, 0.15) is 24.1 Å². The average Bonchev–Trinajstić information content (AvgIpc) is 3.27. The summed E-state index contributed by atoms with van der Waals surface area (Å²) in [4.78, 5) is 31.8. The van der Waals surface area contributed by atoms with Crippen LogP contribution in [0.25, 0.3) is 0 Å². The lowest BCUT2D eigenvalue weighted by atomic mass is 10.1. The van der Waals surface area contributed by atoms with Crippen molar-refractivity contribution in [3.63, 3.8) is 0 Å². The fraction of sp³-hybridized carbons (Fsp3) is 0.448. The minimum atomic E-state index is -0.647. The molecule has 0 radical (unpaired) electrons. The fourth-order valence-corrected chi connectivity index (χ4v) is 3.48. The summed E-state index contributed by atoms with van der Waals surface area (Å²) in [6, 6.07) is 6.77. The Hall–Kier alpha value is -3.72. The first-order valence-electron chi connectivity index (χ1n) is 12.3. The van der Waals surface area contributed by atoms with Gasteiger partial charge < -0.3 is 18.9 Å². The summed E-state index contributed by atoms with van der Waals surface area (Å²) < 4.78 is 21.0. The minimum absolute atomic E-state index is 0.127. The largest absolute Gasteiger partial charge is 0.464 e. The van der Waals surface area contributed by atoms with Crippen LogP contribution >= 0.6 is 0 Å². The first-order valence-corrected chi connectivity index (χ1v) is 12.3. The maximum Gasteiger partial charge on any atom is 0.357 e. The van der Waals surface area contributed by atoms with Gasteiger partial charge in [-0.1, -0.05) is 36.5 Å². The van der Waals surface area contributed by atoms with Gasteiger partial charge in [-0.2, -0.15) is 0 Å². The molecule has 1 atom stereocenters. The van der Waals surface area contributed by atoms with Crippen LogP contribution in [0.1, 0.15) is 84.5 Å². The molecule has 3 heterocycles. The smallest absolute Gasteiger partial charge is 0.357 e. The van der Waals surface area contributed by atoms with Crippen molar-refractivity contribution in [2.45, 2.75) is 64.3 Å². The third-order valence-electron chi connectivity index (χ3n) is 5.42. The molecule has 8 nitrogen and oxygen atoms in total. The van der Waals surface area contributed by atoms with Crippen molar-refractivity contribution in [2.24, 2.45) is 0 Å². The average molecular weight is 505 g/mol. The third-order valence-corrected chi connectivity index (χ3v) is 5.42. The molecule has 1 fully saturated rings. The summed E-state index contributed by atoms with van der Waals surface area (Å²) >= 11 is 0. The minimum Gasteiger partial charge on any atom is -0.464 e. The molecule has 2 aromatic rings. The maximum absolute atomic E-state index is 12.2. The Morgan fingerprint density at radius 2 is 1.49 bits per heavy atom. The summed E-state index contributed by atoms with van der Waals surface area (Å²) in [6.45, 7) is 4.17. The Bertz CT molecular complexity index is 1170. The van der Waals surface area contributed by atoms with Gasteiger partial charge in [0, 0.05) is 36.4 Å². The molecule has 0 bridgehead atoms. The van der Waals surface area contributed by atoms with Gasteiger partial charge in [-0.05, 0) is 51.0 Å². The van der Waals surface area contributed by atoms with Gasteiger partial charge in [-0.15, -0.1) is 0 Å². The molecule has 2 aromatic heterocycles. The molecule has 0 aliphatic carbocycles. The Morgan fingerprint density at radius 1 is 0.919 bits per heavy atom. The lowest BCUT2D eigenvalue weighted by Crippen LogP contribution is -2.25. The van der Waals surface area contributed by atoms with Crippen LogP contribution in [0.4, 0.5) is 0 Å². The predicted molar refractivity (Wildman–Crippen MR) is 136 cm³/mol. The number of ether oxygens (including phenoxy) is 4. The normalized spacial score (nSPS) is 15.6. The van der Waals surface area contributed by atoms with E-state index in [2.05, 4.69) is 38.4 Å². The molecule has 1 aliphatic heterocycles. The number of carbonyl (C=O) groups is 2. The molecule has 1 saturated heterocycles. The van der Waals surface area contributed by atoms with Crippen molar-refractivity contribution in [3.05, 3.63) is 59.2 Å². The van der Waals surface area contributed by atoms with Crippen LogP contribution in [0.5, 0.6) is 0 Å². The number of rotatable bonds is 9. The van der Waals surface area contributed by atoms with E-state index in [0.29, 0.717) is 6.61 Å². The number of hydrogen-bond donors (Lipinski definition) is 0. The second-order valence-electron chi connectivity index (χ2n) is 8.92. The quantitative estimate of drug-likeness (QED) is 0.283. The number of hydrogen-bond acceptors (Lipinski definition) is 8. The van der Waals surface area contributed by atoms with E-state index in [1.165, 1.54) is 7.11 Å². The van der Waals surface area contributed by atoms with E-state index >= 15 is 0 Å². The molecule has 0 aromatic carbocycles. The SMILES string of the molecule is COC(=O)c1ccc(C#CCCCCCCC#Cc2ccc(C(=O)OC[C@H]3COC(C)(C)O3)nc2)cn1. The van der Waals surface area contributed by atoms with Gasteiger partial charge >= 0.3 is 11.9 Å². The number of pyridine rings is 2. The van der Waals surface area contributed by atoms with Crippen molar-refractivity contribution in [1.29, 1.82) is 0 Å². The highest BCUT2D eigenvalue weighted by atomic mass is 16.7. The van der Waals surface area contributed by atoms with Crippen molar-refractivity contribution < 1.29 is 28.5 Å². The first kappa shape index (κ1) is 27.9. The number of unbranched alkanes of at least 4 members (excludes halogenated alkanes) is 5. The first-order chi connectivity index (χ1) is 17.9. The highest BCUT2D eigenvalue weighted by molar-refractivity contribution is 5.87. The van der Waals surface area contributed by atoms with Crippen molar-refractivity contribution >= 4 is 11.9 Å². The van der Waals surface area contributed by atoms with Gasteiger partial charge in [0.05, 0.1) is 13.7 Å². The van der Waals surface area contributed by atoms with Crippen molar-refractivity contribution in [2.75, 3.05) is 20.3 Å². The molecule has 1 aliphatic rings. The van der Waals surface area contributed by atoms with E-state index in [0.717, 1.165) is 49.7 Å². The van der Waals surface area contributed by atoms with E-state index in [1.54, 1.807) is 36.7 Å². The fourth-order valence-electron chi connectivity index (χ4n) is 3.48. The number of nitrogens with zero attached hydrogens (tertiary/aromatic N) is 2. The topological polar surface area (TPSA) is 96.8 Å². The van der Waals surface area contributed by atoms with Crippen LogP contribution in [0.15, 0.2) is 36.7 Å². The van der Waals surface area contributed by atoms with Gasteiger partial charge in [-0.25, -0.2) is 19.6 Å². The third kappa shape index (κ3) is 9.69. The van der Waals surface area contributed by atoms with Gasteiger partial charge in [0.15, 0.2) is 5.79 Å². The number of esters is 2. The van der Waals surface area contributed by atoms with Crippen LogP contribution in [-0.2, 0) is 18.9 Å². The highest BCUT2D eigenvalue weighted by Crippen LogP contribution is 2.22. The molecule has 0 saturated carbocycles. The standard InChI is InChI=1S/C29H32N2O6/c1-29(2)36-21-24(37-29)20-35-28(33)26-17-15-23(19-31-26)13-11-9-7-5-4-6-8-10-12-22-14-16-25(30-18-22)27(32)34-3/h14-19,24H,4-9,20-21H2,1-3H3/t24-/m0/s1. The molecule has 8 heteroatoms. The van der Waals surface area contributed by atoms with Crippen LogP contribution < -0.4 is 0 Å². The monoisotopic (exact) mass is 504 g/mol. The predicted octanol–water partition coefficient (Wildman–Crippen LogP) is 4.32. The maximum atomic E-state index is 12.2. The zero-order valence-electron chi connectivity index (χ0n) is 21.5. The van der Waals surface area contributed by atoms with Crippen molar-refractivity contribution in [3.8, 4) is 23.7 Å². The van der Waals surface area contributed by atoms with Gasteiger partial charge in [0.25, 0.3) is 0 Å². The molecular weight excluding hydrogens is 472 g/mol. The summed E-state index contributed by atoms with van der Waals surface area (Å²) in [5.74, 6) is 10.8. The van der Waals surface area contributed by atoms with E-state index in [1.807, 2.05) is 13.8 Å². The zero-order valence-corrected chi connectivity index (χ0v) is 21.5. The van der Waals surface area contributed by atoms with Crippen LogP contribution in [0, 0.1) is 23.7 Å². The van der Waals surface area contributed by atoms with Crippen LogP contribution in [-0.4, -0.2) is 54.1 Å². The Kier molecular flexibility index (Phi) is 10.6. The second-order valence-corrected chi connectivity index (χ2v) is 8.92. The zero-order chi connectivity index (χ0) is 26.5. The van der Waals surface area contributed by atoms with Crippen molar-refractivity contribution in [1.82, 2.24) is 9.97 Å². The Labute approximate surface area is 218 Å². The summed E-state index contributed by atoms with van der Waals surface area (Å²) in [5, 5.41) is 0. The summed E-state index contributed by atoms with van der Waals surface area (Å²) in [7, 11) is 1.33. The Morgan fingerprint density at radius 3 is 1.95 bits per heavy atom. The van der Waals surface area contributed by atoms with Crippen LogP contribution in [0.3, 0.4) is 0 Å². The van der Waals surface area contributed by atoms with E-state index in [4.69, 9.17) is 14.2 Å². The molecule has 194 valence electrons. The van der Waals surface area contributed by atoms with E-state index in [9.17, 15) is 9.59 Å². The molecular formula is C29H32N2O6.